The second-order valence-corrected chi connectivity index (χ2v) is 4.98. The molecule has 1 rings (SSSR count). The van der Waals surface area contributed by atoms with Crippen LogP contribution in [0.15, 0.2) is 5.38 Å². The van der Waals surface area contributed by atoms with Gasteiger partial charge in [0, 0.05) is 24.6 Å². The predicted octanol–water partition coefficient (Wildman–Crippen LogP) is 1.68. The first kappa shape index (κ1) is 13.1. The van der Waals surface area contributed by atoms with E-state index in [1.165, 1.54) is 11.3 Å². The lowest BCUT2D eigenvalue weighted by molar-refractivity contribution is 0.0688. The minimum atomic E-state index is -0.0483. The minimum absolute atomic E-state index is 0.0483. The van der Waals surface area contributed by atoms with E-state index in [1.54, 1.807) is 10.3 Å². The van der Waals surface area contributed by atoms with Crippen LogP contribution < -0.4 is 0 Å². The van der Waals surface area contributed by atoms with E-state index < -0.39 is 0 Å². The lowest BCUT2D eigenvalue weighted by Gasteiger charge is -2.25. The third-order valence-corrected chi connectivity index (χ3v) is 3.05. The van der Waals surface area contributed by atoms with Crippen molar-refractivity contribution in [2.45, 2.75) is 33.2 Å². The number of rotatable bonds is 5. The molecule has 0 aliphatic carbocycles. The molecule has 0 aromatic carbocycles. The molecule has 0 fully saturated rings. The lowest BCUT2D eigenvalue weighted by Crippen LogP contribution is -2.38. The standard InChI is InChI=1S/C11H18N2O2S/c1-8(2)13(5-4-6-14)11(15)10-7-16-9(3)12-10/h7-8,14H,4-6H2,1-3H3. The summed E-state index contributed by atoms with van der Waals surface area (Å²) < 4.78 is 0. The number of aliphatic hydroxyl groups excluding tert-OH is 1. The number of hydrogen-bond acceptors (Lipinski definition) is 4. The third-order valence-electron chi connectivity index (χ3n) is 2.28. The Balaban J connectivity index is 2.74. The maximum atomic E-state index is 12.1. The normalized spacial score (nSPS) is 10.8. The SMILES string of the molecule is Cc1nc(C(=O)N(CCCO)C(C)C)cs1. The Morgan fingerprint density at radius 1 is 1.62 bits per heavy atom. The molecule has 1 heterocycles. The molecule has 0 saturated heterocycles. The number of carbonyl (C=O) groups is 1. The zero-order chi connectivity index (χ0) is 12.1. The maximum absolute atomic E-state index is 12.1. The Bertz CT molecular complexity index is 350. The van der Waals surface area contributed by atoms with Crippen molar-refractivity contribution in [2.75, 3.05) is 13.2 Å². The minimum Gasteiger partial charge on any atom is -0.396 e. The summed E-state index contributed by atoms with van der Waals surface area (Å²) >= 11 is 1.48. The second kappa shape index (κ2) is 5.96. The first-order valence-electron chi connectivity index (χ1n) is 5.40. The van der Waals surface area contributed by atoms with E-state index in [2.05, 4.69) is 4.98 Å². The van der Waals surface area contributed by atoms with Gasteiger partial charge in [0.15, 0.2) is 0 Å². The Kier molecular flexibility index (Phi) is 4.89. The summed E-state index contributed by atoms with van der Waals surface area (Å²) in [6.45, 7) is 6.49. The molecule has 90 valence electrons. The molecule has 0 aliphatic rings. The Labute approximate surface area is 99.9 Å². The fourth-order valence-corrected chi connectivity index (χ4v) is 2.03. The molecule has 0 atom stereocenters. The van der Waals surface area contributed by atoms with Crippen molar-refractivity contribution in [3.63, 3.8) is 0 Å². The average Bonchev–Trinajstić information content (AvgIpc) is 2.64. The van der Waals surface area contributed by atoms with Crippen molar-refractivity contribution < 1.29 is 9.90 Å². The van der Waals surface area contributed by atoms with Crippen molar-refractivity contribution >= 4 is 17.2 Å². The van der Waals surface area contributed by atoms with Gasteiger partial charge in [-0.1, -0.05) is 0 Å². The van der Waals surface area contributed by atoms with E-state index in [-0.39, 0.29) is 18.6 Å². The lowest BCUT2D eigenvalue weighted by atomic mass is 10.2. The van der Waals surface area contributed by atoms with Crippen LogP contribution in [0.25, 0.3) is 0 Å². The molecule has 4 nitrogen and oxygen atoms in total. The van der Waals surface area contributed by atoms with Gasteiger partial charge in [-0.05, 0) is 27.2 Å². The van der Waals surface area contributed by atoms with Gasteiger partial charge in [0.1, 0.15) is 5.69 Å². The topological polar surface area (TPSA) is 53.4 Å². The van der Waals surface area contributed by atoms with Gasteiger partial charge in [-0.2, -0.15) is 0 Å². The molecule has 1 N–H and O–H groups in total. The molecule has 1 amide bonds. The van der Waals surface area contributed by atoms with Gasteiger partial charge < -0.3 is 10.0 Å². The van der Waals surface area contributed by atoms with E-state index in [9.17, 15) is 4.79 Å². The summed E-state index contributed by atoms with van der Waals surface area (Å²) in [5.74, 6) is -0.0483. The van der Waals surface area contributed by atoms with Gasteiger partial charge in [-0.3, -0.25) is 4.79 Å². The summed E-state index contributed by atoms with van der Waals surface area (Å²) in [4.78, 5) is 18.0. The first-order chi connectivity index (χ1) is 7.56. The molecule has 0 saturated carbocycles. The van der Waals surface area contributed by atoms with E-state index in [0.29, 0.717) is 18.7 Å². The third kappa shape index (κ3) is 3.28. The van der Waals surface area contributed by atoms with Crippen LogP contribution in [-0.2, 0) is 0 Å². The number of aryl methyl sites for hydroxylation is 1. The monoisotopic (exact) mass is 242 g/mol. The van der Waals surface area contributed by atoms with Crippen molar-refractivity contribution in [1.29, 1.82) is 0 Å². The summed E-state index contributed by atoms with van der Waals surface area (Å²) in [7, 11) is 0. The smallest absolute Gasteiger partial charge is 0.273 e. The summed E-state index contributed by atoms with van der Waals surface area (Å²) in [5.41, 5.74) is 0.508. The van der Waals surface area contributed by atoms with Crippen LogP contribution in [0.3, 0.4) is 0 Å². The molecule has 0 spiro atoms. The number of amides is 1. The number of carbonyl (C=O) groups excluding carboxylic acids is 1. The number of aromatic nitrogens is 1. The van der Waals surface area contributed by atoms with Crippen molar-refractivity contribution in [3.8, 4) is 0 Å². The Hall–Kier alpha value is -0.940. The van der Waals surface area contributed by atoms with E-state index >= 15 is 0 Å². The van der Waals surface area contributed by atoms with E-state index in [4.69, 9.17) is 5.11 Å². The summed E-state index contributed by atoms with van der Waals surface area (Å²) in [6, 6.07) is 0.126. The van der Waals surface area contributed by atoms with Crippen molar-refractivity contribution in [3.05, 3.63) is 16.1 Å². The van der Waals surface area contributed by atoms with Crippen LogP contribution in [0.2, 0.25) is 0 Å². The van der Waals surface area contributed by atoms with E-state index in [1.807, 2.05) is 20.8 Å². The highest BCUT2D eigenvalue weighted by atomic mass is 32.1. The Morgan fingerprint density at radius 2 is 2.31 bits per heavy atom. The second-order valence-electron chi connectivity index (χ2n) is 3.92. The summed E-state index contributed by atoms with van der Waals surface area (Å²) in [5, 5.41) is 11.5. The Morgan fingerprint density at radius 3 is 2.75 bits per heavy atom. The largest absolute Gasteiger partial charge is 0.396 e. The molecular formula is C11H18N2O2S. The molecule has 0 aliphatic heterocycles. The zero-order valence-corrected chi connectivity index (χ0v) is 10.8. The number of nitrogens with zero attached hydrogens (tertiary/aromatic N) is 2. The van der Waals surface area contributed by atoms with Gasteiger partial charge in [-0.15, -0.1) is 11.3 Å². The van der Waals surface area contributed by atoms with Gasteiger partial charge in [0.25, 0.3) is 5.91 Å². The number of aliphatic hydroxyl groups is 1. The van der Waals surface area contributed by atoms with Crippen LogP contribution in [-0.4, -0.2) is 40.1 Å². The molecule has 0 radical (unpaired) electrons. The highest BCUT2D eigenvalue weighted by Gasteiger charge is 2.20. The first-order valence-corrected chi connectivity index (χ1v) is 6.28. The van der Waals surface area contributed by atoms with Crippen LogP contribution in [0, 0.1) is 6.92 Å². The van der Waals surface area contributed by atoms with Crippen LogP contribution in [0.5, 0.6) is 0 Å². The van der Waals surface area contributed by atoms with Gasteiger partial charge in [0.2, 0.25) is 0 Å². The summed E-state index contributed by atoms with van der Waals surface area (Å²) in [6.07, 6.45) is 0.604. The van der Waals surface area contributed by atoms with Gasteiger partial charge >= 0.3 is 0 Å². The van der Waals surface area contributed by atoms with Crippen LogP contribution in [0.4, 0.5) is 0 Å². The number of thiazole rings is 1. The quantitative estimate of drug-likeness (QED) is 0.854. The molecule has 16 heavy (non-hydrogen) atoms. The molecule has 0 bridgehead atoms. The van der Waals surface area contributed by atoms with Crippen LogP contribution >= 0.6 is 11.3 Å². The van der Waals surface area contributed by atoms with Gasteiger partial charge in [-0.25, -0.2) is 4.98 Å². The fourth-order valence-electron chi connectivity index (χ4n) is 1.44. The highest BCUT2D eigenvalue weighted by Crippen LogP contribution is 2.12. The average molecular weight is 242 g/mol. The molecule has 1 aromatic rings. The van der Waals surface area contributed by atoms with Crippen LogP contribution in [0.1, 0.15) is 35.8 Å². The fraction of sp³-hybridized carbons (Fsp3) is 0.636. The number of hydrogen-bond donors (Lipinski definition) is 1. The molecule has 0 unspecified atom stereocenters. The molecular weight excluding hydrogens is 224 g/mol. The van der Waals surface area contributed by atoms with Crippen molar-refractivity contribution in [1.82, 2.24) is 9.88 Å². The molecule has 5 heteroatoms. The zero-order valence-electron chi connectivity index (χ0n) is 9.93. The van der Waals surface area contributed by atoms with Gasteiger partial charge in [0.05, 0.1) is 5.01 Å². The van der Waals surface area contributed by atoms with Crippen molar-refractivity contribution in [2.24, 2.45) is 0 Å². The predicted molar refractivity (Wildman–Crippen MR) is 64.7 cm³/mol. The van der Waals surface area contributed by atoms with E-state index in [0.717, 1.165) is 5.01 Å². The molecule has 1 aromatic heterocycles. The highest BCUT2D eigenvalue weighted by molar-refractivity contribution is 7.09. The maximum Gasteiger partial charge on any atom is 0.273 e.